The van der Waals surface area contributed by atoms with Crippen molar-refractivity contribution in [1.29, 1.82) is 0 Å². The van der Waals surface area contributed by atoms with Gasteiger partial charge >= 0.3 is 0 Å². The van der Waals surface area contributed by atoms with Crippen LogP contribution in [0, 0.1) is 0 Å². The van der Waals surface area contributed by atoms with E-state index in [2.05, 4.69) is 31.0 Å². The predicted octanol–water partition coefficient (Wildman–Crippen LogP) is 3.56. The molecular weight excluding hydrogens is 446 g/mol. The van der Waals surface area contributed by atoms with E-state index in [0.717, 1.165) is 0 Å². The van der Waals surface area contributed by atoms with Crippen molar-refractivity contribution >= 4 is 51.6 Å². The number of amides is 1. The quantitative estimate of drug-likeness (QED) is 0.327. The largest absolute Gasteiger partial charge is 0.493 e. The number of aromatic nitrogens is 4. The van der Waals surface area contributed by atoms with Crippen LogP contribution >= 0.6 is 11.6 Å². The number of benzene rings is 1. The molecule has 0 atom stereocenters. The van der Waals surface area contributed by atoms with Gasteiger partial charge in [0.2, 0.25) is 0 Å². The van der Waals surface area contributed by atoms with Crippen LogP contribution < -0.4 is 26.2 Å². The molecule has 170 valence electrons. The van der Waals surface area contributed by atoms with Gasteiger partial charge in [0.1, 0.15) is 22.7 Å². The number of nitrogens with zero attached hydrogens (tertiary/aromatic N) is 3. The van der Waals surface area contributed by atoms with Crippen molar-refractivity contribution in [2.75, 3.05) is 24.3 Å². The van der Waals surface area contributed by atoms with Crippen LogP contribution in [0.15, 0.2) is 47.3 Å². The van der Waals surface area contributed by atoms with Gasteiger partial charge in [-0.2, -0.15) is 0 Å². The maximum atomic E-state index is 12.7. The third kappa shape index (κ3) is 4.46. The number of aromatic amines is 1. The summed E-state index contributed by atoms with van der Waals surface area (Å²) in [6.45, 7) is 2.34. The summed E-state index contributed by atoms with van der Waals surface area (Å²) in [6.07, 6.45) is 0. The van der Waals surface area contributed by atoms with E-state index in [4.69, 9.17) is 16.3 Å². The fourth-order valence-electron chi connectivity index (χ4n) is 3.36. The van der Waals surface area contributed by atoms with Gasteiger partial charge in [-0.3, -0.25) is 19.4 Å². The SMILES string of the molecule is CCNC(=O)c1cccc(Nc2cc(Nc3cccc(Cl)c3OC)c3c(=O)n(C)[nH]c3n2)n1. The highest BCUT2D eigenvalue weighted by Gasteiger charge is 2.16. The zero-order valence-electron chi connectivity index (χ0n) is 18.2. The van der Waals surface area contributed by atoms with Gasteiger partial charge in [-0.1, -0.05) is 23.7 Å². The number of halogens is 1. The van der Waals surface area contributed by atoms with Crippen LogP contribution in [0.3, 0.4) is 0 Å². The van der Waals surface area contributed by atoms with Gasteiger partial charge < -0.3 is 20.7 Å². The van der Waals surface area contributed by atoms with Crippen LogP contribution in [0.25, 0.3) is 11.0 Å². The number of anilines is 4. The van der Waals surface area contributed by atoms with Gasteiger partial charge in [-0.05, 0) is 31.2 Å². The topological polar surface area (TPSA) is 126 Å². The van der Waals surface area contributed by atoms with E-state index in [1.165, 1.54) is 11.8 Å². The molecule has 1 aromatic carbocycles. The van der Waals surface area contributed by atoms with E-state index in [0.29, 0.717) is 51.4 Å². The lowest BCUT2D eigenvalue weighted by Crippen LogP contribution is -2.23. The third-order valence-corrected chi connectivity index (χ3v) is 5.12. The number of fused-ring (bicyclic) bond motifs is 1. The number of H-pyrrole nitrogens is 1. The molecule has 11 heteroatoms. The first-order valence-corrected chi connectivity index (χ1v) is 10.5. The van der Waals surface area contributed by atoms with E-state index in [9.17, 15) is 9.59 Å². The number of hydrogen-bond acceptors (Lipinski definition) is 7. The Labute approximate surface area is 193 Å². The number of carbonyl (C=O) groups excluding carboxylic acids is 1. The second kappa shape index (κ2) is 9.21. The van der Waals surface area contributed by atoms with Crippen molar-refractivity contribution in [1.82, 2.24) is 25.1 Å². The maximum absolute atomic E-state index is 12.7. The van der Waals surface area contributed by atoms with Crippen LogP contribution in [-0.2, 0) is 7.05 Å². The van der Waals surface area contributed by atoms with Crippen LogP contribution in [0.2, 0.25) is 5.02 Å². The van der Waals surface area contributed by atoms with Crippen LogP contribution in [-0.4, -0.2) is 39.3 Å². The first-order valence-electron chi connectivity index (χ1n) is 10.1. The molecule has 0 spiro atoms. The van der Waals surface area contributed by atoms with Crippen molar-refractivity contribution in [3.63, 3.8) is 0 Å². The number of hydrogen-bond donors (Lipinski definition) is 4. The van der Waals surface area contributed by atoms with Crippen LogP contribution in [0.5, 0.6) is 5.75 Å². The molecule has 0 unspecified atom stereocenters. The van der Waals surface area contributed by atoms with Crippen molar-refractivity contribution < 1.29 is 9.53 Å². The normalized spacial score (nSPS) is 10.8. The first-order chi connectivity index (χ1) is 15.9. The zero-order chi connectivity index (χ0) is 23.5. The second-order valence-electron chi connectivity index (χ2n) is 7.09. The van der Waals surface area contributed by atoms with E-state index in [1.807, 2.05) is 6.92 Å². The van der Waals surface area contributed by atoms with E-state index in [1.54, 1.807) is 49.5 Å². The zero-order valence-corrected chi connectivity index (χ0v) is 18.9. The molecule has 3 aromatic heterocycles. The van der Waals surface area contributed by atoms with E-state index >= 15 is 0 Å². The molecule has 4 aromatic rings. The van der Waals surface area contributed by atoms with Gasteiger partial charge in [0.15, 0.2) is 11.4 Å². The van der Waals surface area contributed by atoms with E-state index in [-0.39, 0.29) is 17.2 Å². The highest BCUT2D eigenvalue weighted by molar-refractivity contribution is 6.32. The van der Waals surface area contributed by atoms with Crippen LogP contribution in [0.4, 0.5) is 23.0 Å². The fraction of sp³-hybridized carbons (Fsp3) is 0.182. The molecule has 33 heavy (non-hydrogen) atoms. The van der Waals surface area contributed by atoms with Gasteiger partial charge in [-0.15, -0.1) is 0 Å². The molecule has 4 rings (SSSR count). The van der Waals surface area contributed by atoms with Gasteiger partial charge in [0, 0.05) is 19.7 Å². The monoisotopic (exact) mass is 467 g/mol. The smallest absolute Gasteiger partial charge is 0.277 e. The molecule has 1 amide bonds. The summed E-state index contributed by atoms with van der Waals surface area (Å²) in [5.41, 5.74) is 1.48. The average Bonchev–Trinajstić information content (AvgIpc) is 3.08. The Hall–Kier alpha value is -4.05. The Morgan fingerprint density at radius 1 is 1.12 bits per heavy atom. The molecule has 0 bridgehead atoms. The number of ether oxygens (including phenoxy) is 1. The first kappa shape index (κ1) is 22.2. The highest BCUT2D eigenvalue weighted by atomic mass is 35.5. The number of pyridine rings is 2. The molecule has 0 saturated heterocycles. The van der Waals surface area contributed by atoms with Crippen molar-refractivity contribution in [3.05, 3.63) is 63.5 Å². The van der Waals surface area contributed by atoms with Gasteiger partial charge in [0.25, 0.3) is 11.5 Å². The Bertz CT molecular complexity index is 1400. The van der Waals surface area contributed by atoms with Crippen LogP contribution in [0.1, 0.15) is 17.4 Å². The average molecular weight is 468 g/mol. The maximum Gasteiger partial charge on any atom is 0.277 e. The Kier molecular flexibility index (Phi) is 6.18. The summed E-state index contributed by atoms with van der Waals surface area (Å²) in [4.78, 5) is 33.7. The number of rotatable bonds is 7. The Morgan fingerprint density at radius 2 is 1.91 bits per heavy atom. The lowest BCUT2D eigenvalue weighted by atomic mass is 10.2. The molecule has 0 aliphatic rings. The van der Waals surface area contributed by atoms with E-state index < -0.39 is 0 Å². The number of methoxy groups -OCH3 is 1. The lowest BCUT2D eigenvalue weighted by molar-refractivity contribution is 0.0951. The summed E-state index contributed by atoms with van der Waals surface area (Å²) in [6, 6.07) is 12.0. The Morgan fingerprint density at radius 3 is 2.67 bits per heavy atom. The summed E-state index contributed by atoms with van der Waals surface area (Å²) in [7, 11) is 3.13. The minimum absolute atomic E-state index is 0.246. The van der Waals surface area contributed by atoms with Gasteiger partial charge in [0.05, 0.1) is 23.5 Å². The van der Waals surface area contributed by atoms with Crippen molar-refractivity contribution in [3.8, 4) is 5.75 Å². The van der Waals surface area contributed by atoms with Crippen molar-refractivity contribution in [2.45, 2.75) is 6.92 Å². The molecule has 0 radical (unpaired) electrons. The fourth-order valence-corrected chi connectivity index (χ4v) is 3.61. The number of nitrogens with one attached hydrogen (secondary N) is 4. The van der Waals surface area contributed by atoms with Crippen molar-refractivity contribution in [2.24, 2.45) is 7.05 Å². The standard InChI is InChI=1S/C22H22ClN7O3/c1-4-24-21(31)14-9-6-10-16(26-14)27-17-11-15(18-20(28-17)29-30(2)22(18)32)25-13-8-5-7-12(23)19(13)33-3/h5-11H,4H2,1-3H3,(H,24,31)(H3,25,26,27,28,29). The van der Waals surface area contributed by atoms with Gasteiger partial charge in [-0.25, -0.2) is 9.97 Å². The third-order valence-electron chi connectivity index (χ3n) is 4.83. The summed E-state index contributed by atoms with van der Waals surface area (Å²) in [5, 5.41) is 12.8. The molecular formula is C22H22ClN7O3. The molecule has 0 saturated carbocycles. The summed E-state index contributed by atoms with van der Waals surface area (Å²) >= 11 is 6.25. The molecule has 4 N–H and O–H groups in total. The highest BCUT2D eigenvalue weighted by Crippen LogP contribution is 2.36. The minimum Gasteiger partial charge on any atom is -0.493 e. The number of para-hydroxylation sites is 1. The molecule has 0 aliphatic carbocycles. The summed E-state index contributed by atoms with van der Waals surface area (Å²) < 4.78 is 6.76. The Balaban J connectivity index is 1.76. The summed E-state index contributed by atoms with van der Waals surface area (Å²) in [5.74, 6) is 1.01. The molecule has 3 heterocycles. The predicted molar refractivity (Wildman–Crippen MR) is 128 cm³/mol. The number of aryl methyl sites for hydroxylation is 1. The molecule has 10 nitrogen and oxygen atoms in total. The second-order valence-corrected chi connectivity index (χ2v) is 7.50. The number of carbonyl (C=O) groups is 1. The lowest BCUT2D eigenvalue weighted by Gasteiger charge is -2.14. The minimum atomic E-state index is -0.271. The molecule has 0 fully saturated rings. The molecule has 0 aliphatic heterocycles.